The Labute approximate surface area is 79.0 Å². The molecule has 0 aromatic heterocycles. The molecule has 3 nitrogen and oxygen atoms in total. The Balaban J connectivity index is 3.20. The first-order valence-electron chi connectivity index (χ1n) is 3.84. The molecule has 66 valence electrons. The van der Waals surface area contributed by atoms with E-state index in [1.807, 2.05) is 0 Å². The summed E-state index contributed by atoms with van der Waals surface area (Å²) >= 11 is 0. The van der Waals surface area contributed by atoms with Gasteiger partial charge < -0.3 is 10.5 Å². The van der Waals surface area contributed by atoms with Crippen molar-refractivity contribution in [3.05, 3.63) is 17.7 Å². The number of nitrogens with zero attached hydrogens (tertiary/aromatic N) is 1. The molecule has 0 fully saturated rings. The van der Waals surface area contributed by atoms with Crippen molar-refractivity contribution in [2.45, 2.75) is 0 Å². The van der Waals surface area contributed by atoms with E-state index in [1.165, 1.54) is 0 Å². The first kappa shape index (κ1) is 9.64. The zero-order valence-corrected chi connectivity index (χ0v) is 7.74. The van der Waals surface area contributed by atoms with Gasteiger partial charge >= 0.3 is 0 Å². The smallest absolute Gasteiger partial charge is 0.119 e. The second-order valence-electron chi connectivity index (χ2n) is 2.61. The van der Waals surface area contributed by atoms with Crippen LogP contribution < -0.4 is 15.9 Å². The third kappa shape index (κ3) is 2.02. The molecule has 4 heteroatoms. The Morgan fingerprint density at radius 1 is 1.54 bits per heavy atom. The fraction of sp³-hybridized carbons (Fsp3) is 0.222. The Bertz CT molecular complexity index is 337. The zero-order valence-electron chi connectivity index (χ0n) is 7.74. The van der Waals surface area contributed by atoms with Gasteiger partial charge in [-0.3, -0.25) is 4.99 Å². The maximum Gasteiger partial charge on any atom is 0.119 e. The van der Waals surface area contributed by atoms with Crippen LogP contribution in [-0.4, -0.2) is 28.2 Å². The quantitative estimate of drug-likeness (QED) is 0.393. The standard InChI is InChI=1S/C9H11BN2O/c1-12-5-6-3-7(10)9(13-2)4-8(6)11/h3-5H,11H2,1-2H3. The maximum absolute atomic E-state index is 5.73. The lowest BCUT2D eigenvalue weighted by atomic mass is 9.92. The minimum atomic E-state index is 0.562. The van der Waals surface area contributed by atoms with Gasteiger partial charge in [0.15, 0.2) is 0 Å². The molecule has 13 heavy (non-hydrogen) atoms. The largest absolute Gasteiger partial charge is 0.497 e. The Hall–Kier alpha value is -1.45. The summed E-state index contributed by atoms with van der Waals surface area (Å²) in [7, 11) is 8.92. The van der Waals surface area contributed by atoms with Crippen molar-refractivity contribution in [3.63, 3.8) is 0 Å². The summed E-state index contributed by atoms with van der Waals surface area (Å²) in [6, 6.07) is 3.42. The van der Waals surface area contributed by atoms with E-state index in [1.54, 1.807) is 32.5 Å². The number of hydrogen-bond donors (Lipinski definition) is 1. The first-order chi connectivity index (χ1) is 6.19. The molecule has 2 radical (unpaired) electrons. The van der Waals surface area contributed by atoms with Gasteiger partial charge in [0.2, 0.25) is 0 Å². The van der Waals surface area contributed by atoms with Crippen molar-refractivity contribution in [2.75, 3.05) is 19.9 Å². The lowest BCUT2D eigenvalue weighted by molar-refractivity contribution is 0.418. The van der Waals surface area contributed by atoms with Crippen molar-refractivity contribution in [1.82, 2.24) is 0 Å². The second-order valence-corrected chi connectivity index (χ2v) is 2.61. The molecule has 0 unspecified atom stereocenters. The summed E-state index contributed by atoms with van der Waals surface area (Å²) in [5, 5.41) is 0. The molecule has 0 bridgehead atoms. The molecule has 2 N–H and O–H groups in total. The number of hydrogen-bond acceptors (Lipinski definition) is 3. The van der Waals surface area contributed by atoms with Crippen molar-refractivity contribution in [1.29, 1.82) is 0 Å². The minimum absolute atomic E-state index is 0.562. The number of nitrogens with two attached hydrogens (primary N) is 1. The summed E-state index contributed by atoms with van der Waals surface area (Å²) in [4.78, 5) is 3.86. The molecule has 1 aromatic carbocycles. The van der Waals surface area contributed by atoms with E-state index >= 15 is 0 Å². The number of aliphatic imine (C=N–C) groups is 1. The summed E-state index contributed by atoms with van der Waals surface area (Å²) < 4.78 is 5.01. The fourth-order valence-corrected chi connectivity index (χ4v) is 1.06. The van der Waals surface area contributed by atoms with Gasteiger partial charge in [-0.05, 0) is 0 Å². The summed E-state index contributed by atoms with van der Waals surface area (Å²) in [5.41, 5.74) is 7.70. The second kappa shape index (κ2) is 3.98. The molecule has 1 aromatic rings. The lowest BCUT2D eigenvalue weighted by Gasteiger charge is -2.08. The van der Waals surface area contributed by atoms with Gasteiger partial charge in [0.1, 0.15) is 13.6 Å². The monoisotopic (exact) mass is 174 g/mol. The van der Waals surface area contributed by atoms with E-state index in [0.29, 0.717) is 16.9 Å². The highest BCUT2D eigenvalue weighted by Crippen LogP contribution is 2.15. The normalized spacial score (nSPS) is 10.6. The van der Waals surface area contributed by atoms with E-state index in [2.05, 4.69) is 4.99 Å². The Morgan fingerprint density at radius 3 is 2.77 bits per heavy atom. The van der Waals surface area contributed by atoms with Crippen molar-refractivity contribution in [2.24, 2.45) is 4.99 Å². The number of benzene rings is 1. The topological polar surface area (TPSA) is 47.6 Å². The van der Waals surface area contributed by atoms with Crippen LogP contribution in [0.25, 0.3) is 0 Å². The van der Waals surface area contributed by atoms with Gasteiger partial charge in [0, 0.05) is 30.6 Å². The molecule has 0 atom stereocenters. The molecule has 0 aliphatic rings. The zero-order chi connectivity index (χ0) is 9.84. The van der Waals surface area contributed by atoms with Crippen LogP contribution in [0.4, 0.5) is 5.69 Å². The molecule has 0 aliphatic heterocycles. The highest BCUT2D eigenvalue weighted by Gasteiger charge is 2.02. The van der Waals surface area contributed by atoms with Crippen LogP contribution in [0.1, 0.15) is 5.56 Å². The average molecular weight is 174 g/mol. The Morgan fingerprint density at radius 2 is 2.23 bits per heavy atom. The number of nitrogen functional groups attached to an aromatic ring is 1. The lowest BCUT2D eigenvalue weighted by Crippen LogP contribution is -2.10. The molecule has 0 aliphatic carbocycles. The molecule has 0 saturated heterocycles. The molecular formula is C9H11BN2O. The number of ether oxygens (including phenoxy) is 1. The van der Waals surface area contributed by atoms with Crippen molar-refractivity contribution < 1.29 is 4.74 Å². The van der Waals surface area contributed by atoms with Crippen LogP contribution in [0.2, 0.25) is 0 Å². The van der Waals surface area contributed by atoms with Crippen LogP contribution in [0.3, 0.4) is 0 Å². The van der Waals surface area contributed by atoms with Crippen LogP contribution in [0.5, 0.6) is 5.75 Å². The third-order valence-corrected chi connectivity index (χ3v) is 1.70. The van der Waals surface area contributed by atoms with E-state index in [-0.39, 0.29) is 0 Å². The molecule has 0 amide bonds. The fourth-order valence-electron chi connectivity index (χ4n) is 1.06. The summed E-state index contributed by atoms with van der Waals surface area (Å²) in [6.07, 6.45) is 1.66. The highest BCUT2D eigenvalue weighted by molar-refractivity contribution is 6.34. The maximum atomic E-state index is 5.73. The highest BCUT2D eigenvalue weighted by atomic mass is 16.5. The molecule has 0 saturated carbocycles. The van der Waals surface area contributed by atoms with E-state index in [4.69, 9.17) is 18.3 Å². The molecular weight excluding hydrogens is 163 g/mol. The van der Waals surface area contributed by atoms with E-state index < -0.39 is 0 Å². The Kier molecular flexibility index (Phi) is 2.95. The number of rotatable bonds is 2. The molecule has 0 spiro atoms. The van der Waals surface area contributed by atoms with Gasteiger partial charge in [-0.25, -0.2) is 0 Å². The van der Waals surface area contributed by atoms with Gasteiger partial charge in [0.25, 0.3) is 0 Å². The van der Waals surface area contributed by atoms with Crippen molar-refractivity contribution in [3.8, 4) is 5.75 Å². The van der Waals surface area contributed by atoms with Crippen LogP contribution >= 0.6 is 0 Å². The third-order valence-electron chi connectivity index (χ3n) is 1.70. The summed E-state index contributed by atoms with van der Waals surface area (Å²) in [6.45, 7) is 0. The summed E-state index contributed by atoms with van der Waals surface area (Å²) in [5.74, 6) is 0.589. The average Bonchev–Trinajstić information content (AvgIpc) is 2.11. The number of anilines is 1. The predicted molar refractivity (Wildman–Crippen MR) is 56.3 cm³/mol. The van der Waals surface area contributed by atoms with Gasteiger partial charge in [-0.2, -0.15) is 0 Å². The van der Waals surface area contributed by atoms with Gasteiger partial charge in [-0.1, -0.05) is 11.5 Å². The first-order valence-corrected chi connectivity index (χ1v) is 3.84. The molecule has 0 heterocycles. The van der Waals surface area contributed by atoms with Crippen LogP contribution in [0.15, 0.2) is 17.1 Å². The molecule has 1 rings (SSSR count). The van der Waals surface area contributed by atoms with Crippen LogP contribution in [0, 0.1) is 0 Å². The SMILES string of the molecule is [B]c1cc(C=NC)c(N)cc1OC. The minimum Gasteiger partial charge on any atom is -0.497 e. The van der Waals surface area contributed by atoms with Gasteiger partial charge in [-0.15, -0.1) is 0 Å². The van der Waals surface area contributed by atoms with E-state index in [9.17, 15) is 0 Å². The van der Waals surface area contributed by atoms with Crippen LogP contribution in [-0.2, 0) is 0 Å². The number of methoxy groups -OCH3 is 1. The van der Waals surface area contributed by atoms with E-state index in [0.717, 1.165) is 5.56 Å². The predicted octanol–water partition coefficient (Wildman–Crippen LogP) is 0.120. The van der Waals surface area contributed by atoms with Crippen molar-refractivity contribution >= 4 is 25.2 Å². The van der Waals surface area contributed by atoms with Gasteiger partial charge in [0.05, 0.1) is 7.11 Å².